The first-order chi connectivity index (χ1) is 9.27. The van der Waals surface area contributed by atoms with Crippen LogP contribution in [0.2, 0.25) is 0 Å². The fraction of sp³-hybridized carbons (Fsp3) is 0.214. The zero-order valence-electron chi connectivity index (χ0n) is 10.9. The Hall–Kier alpha value is -2.24. The molecule has 0 saturated heterocycles. The van der Waals surface area contributed by atoms with Gasteiger partial charge in [-0.2, -0.15) is 13.2 Å². The molecule has 2 aromatic rings. The molecule has 0 unspecified atom stereocenters. The zero-order chi connectivity index (χ0) is 14.9. The van der Waals surface area contributed by atoms with Crippen molar-refractivity contribution < 1.29 is 18.0 Å². The van der Waals surface area contributed by atoms with E-state index in [4.69, 9.17) is 0 Å². The molecule has 1 amide bonds. The van der Waals surface area contributed by atoms with Gasteiger partial charge < -0.3 is 10.3 Å². The molecule has 0 spiro atoms. The third-order valence-electron chi connectivity index (χ3n) is 2.84. The summed E-state index contributed by atoms with van der Waals surface area (Å²) in [6.45, 7) is 3.53. The van der Waals surface area contributed by atoms with E-state index in [1.165, 1.54) is 12.1 Å². The number of nitrogens with one attached hydrogen (secondary N) is 2. The van der Waals surface area contributed by atoms with Crippen LogP contribution in [0.4, 0.5) is 18.9 Å². The van der Waals surface area contributed by atoms with Crippen LogP contribution in [-0.2, 0) is 6.18 Å². The molecule has 106 valence electrons. The smallest absolute Gasteiger partial charge is 0.362 e. The highest BCUT2D eigenvalue weighted by Crippen LogP contribution is 2.30. The van der Waals surface area contributed by atoms with Crippen molar-refractivity contribution in [2.75, 3.05) is 5.32 Å². The molecule has 20 heavy (non-hydrogen) atoms. The minimum atomic E-state index is -4.43. The van der Waals surface area contributed by atoms with E-state index in [1.54, 1.807) is 19.9 Å². The maximum Gasteiger partial charge on any atom is 0.416 e. The minimum Gasteiger partial charge on any atom is -0.362 e. The molecule has 1 heterocycles. The quantitative estimate of drug-likeness (QED) is 0.862. The maximum atomic E-state index is 12.6. The number of alkyl halides is 3. The Labute approximate surface area is 113 Å². The Morgan fingerprint density at radius 1 is 1.20 bits per heavy atom. The summed E-state index contributed by atoms with van der Waals surface area (Å²) in [5.41, 5.74) is 1.23. The van der Waals surface area contributed by atoms with E-state index >= 15 is 0 Å². The largest absolute Gasteiger partial charge is 0.416 e. The third kappa shape index (κ3) is 3.01. The molecule has 6 heteroatoms. The molecular weight excluding hydrogens is 269 g/mol. The van der Waals surface area contributed by atoms with Crippen LogP contribution in [0.1, 0.15) is 27.3 Å². The second-order valence-corrected chi connectivity index (χ2v) is 4.52. The van der Waals surface area contributed by atoms with Gasteiger partial charge in [0.2, 0.25) is 0 Å². The molecule has 0 aliphatic heterocycles. The maximum absolute atomic E-state index is 12.6. The number of hydrogen-bond donors (Lipinski definition) is 2. The fourth-order valence-corrected chi connectivity index (χ4v) is 1.93. The van der Waals surface area contributed by atoms with Crippen LogP contribution in [0.5, 0.6) is 0 Å². The van der Waals surface area contributed by atoms with Crippen LogP contribution in [0.15, 0.2) is 30.3 Å². The van der Waals surface area contributed by atoms with Crippen LogP contribution < -0.4 is 5.32 Å². The van der Waals surface area contributed by atoms with E-state index in [9.17, 15) is 18.0 Å². The number of aryl methyl sites for hydroxylation is 2. The van der Waals surface area contributed by atoms with E-state index in [0.29, 0.717) is 11.3 Å². The normalized spacial score (nSPS) is 11.4. The van der Waals surface area contributed by atoms with Crippen molar-refractivity contribution in [2.24, 2.45) is 0 Å². The molecule has 0 radical (unpaired) electrons. The molecule has 1 aromatic heterocycles. The van der Waals surface area contributed by atoms with E-state index < -0.39 is 17.6 Å². The summed E-state index contributed by atoms with van der Waals surface area (Å²) in [4.78, 5) is 15.0. The third-order valence-corrected chi connectivity index (χ3v) is 2.84. The summed E-state index contributed by atoms with van der Waals surface area (Å²) in [5.74, 6) is -0.439. The first-order valence-electron chi connectivity index (χ1n) is 5.92. The van der Waals surface area contributed by atoms with Gasteiger partial charge in [-0.3, -0.25) is 4.79 Å². The molecule has 0 atom stereocenters. The Morgan fingerprint density at radius 3 is 2.45 bits per heavy atom. The van der Waals surface area contributed by atoms with Crippen molar-refractivity contribution in [3.63, 3.8) is 0 Å². The van der Waals surface area contributed by atoms with Gasteiger partial charge in [-0.1, -0.05) is 6.07 Å². The monoisotopic (exact) mass is 282 g/mol. The number of aromatic nitrogens is 1. The summed E-state index contributed by atoms with van der Waals surface area (Å²) in [6.07, 6.45) is -4.43. The lowest BCUT2D eigenvalue weighted by Gasteiger charge is -2.09. The van der Waals surface area contributed by atoms with Gasteiger partial charge in [0.1, 0.15) is 0 Å². The highest BCUT2D eigenvalue weighted by atomic mass is 19.4. The summed E-state index contributed by atoms with van der Waals surface area (Å²) < 4.78 is 37.7. The Balaban J connectivity index is 2.22. The standard InChI is InChI=1S/C14H13F3N2O/c1-8-6-12(9(2)18-8)13(20)19-11-5-3-4-10(7-11)14(15,16)17/h3-7,18H,1-2H3,(H,19,20). The first-order valence-corrected chi connectivity index (χ1v) is 5.92. The molecule has 0 aliphatic rings. The summed E-state index contributed by atoms with van der Waals surface area (Å²) in [5, 5.41) is 2.47. The van der Waals surface area contributed by atoms with Gasteiger partial charge in [0.25, 0.3) is 5.91 Å². The molecule has 0 aliphatic carbocycles. The second-order valence-electron chi connectivity index (χ2n) is 4.52. The molecule has 2 rings (SSSR count). The topological polar surface area (TPSA) is 44.9 Å². The van der Waals surface area contributed by atoms with Crippen LogP contribution in [0.25, 0.3) is 0 Å². The van der Waals surface area contributed by atoms with Crippen LogP contribution >= 0.6 is 0 Å². The fourth-order valence-electron chi connectivity index (χ4n) is 1.93. The van der Waals surface area contributed by atoms with Gasteiger partial charge in [-0.05, 0) is 38.1 Å². The van der Waals surface area contributed by atoms with E-state index in [0.717, 1.165) is 17.8 Å². The first kappa shape index (κ1) is 14.2. The molecule has 1 aromatic carbocycles. The number of rotatable bonds is 2. The number of carbonyl (C=O) groups excluding carboxylic acids is 1. The van der Waals surface area contributed by atoms with Crippen molar-refractivity contribution in [2.45, 2.75) is 20.0 Å². The SMILES string of the molecule is Cc1cc(C(=O)Nc2cccc(C(F)(F)F)c2)c(C)[nH]1. The number of carbonyl (C=O) groups is 1. The molecule has 0 bridgehead atoms. The van der Waals surface area contributed by atoms with Crippen molar-refractivity contribution in [1.82, 2.24) is 4.98 Å². The lowest BCUT2D eigenvalue weighted by molar-refractivity contribution is -0.137. The summed E-state index contributed by atoms with van der Waals surface area (Å²) in [7, 11) is 0. The molecular formula is C14H13F3N2O. The van der Waals surface area contributed by atoms with Crippen molar-refractivity contribution in [3.8, 4) is 0 Å². The van der Waals surface area contributed by atoms with Crippen LogP contribution in [0, 0.1) is 13.8 Å². The van der Waals surface area contributed by atoms with Gasteiger partial charge in [-0.25, -0.2) is 0 Å². The van der Waals surface area contributed by atoms with E-state index in [2.05, 4.69) is 10.3 Å². The molecule has 2 N–H and O–H groups in total. The molecule has 0 fully saturated rings. The Bertz CT molecular complexity index is 644. The lowest BCUT2D eigenvalue weighted by atomic mass is 10.1. The number of aromatic amines is 1. The summed E-state index contributed by atoms with van der Waals surface area (Å²) in [6, 6.07) is 6.20. The average molecular weight is 282 g/mol. The van der Waals surface area contributed by atoms with E-state index in [-0.39, 0.29) is 5.69 Å². The summed E-state index contributed by atoms with van der Waals surface area (Å²) >= 11 is 0. The van der Waals surface area contributed by atoms with Gasteiger partial charge in [0.15, 0.2) is 0 Å². The zero-order valence-corrected chi connectivity index (χ0v) is 10.9. The number of amides is 1. The van der Waals surface area contributed by atoms with Crippen molar-refractivity contribution in [3.05, 3.63) is 52.8 Å². The number of anilines is 1. The predicted molar refractivity (Wildman–Crippen MR) is 69.7 cm³/mol. The number of hydrogen-bond acceptors (Lipinski definition) is 1. The Morgan fingerprint density at radius 2 is 1.90 bits per heavy atom. The van der Waals surface area contributed by atoms with Gasteiger partial charge >= 0.3 is 6.18 Å². The molecule has 0 saturated carbocycles. The van der Waals surface area contributed by atoms with Crippen LogP contribution in [0.3, 0.4) is 0 Å². The number of benzene rings is 1. The second kappa shape index (κ2) is 5.03. The Kier molecular flexibility index (Phi) is 3.57. The lowest BCUT2D eigenvalue weighted by Crippen LogP contribution is -2.13. The average Bonchev–Trinajstić information content (AvgIpc) is 2.68. The van der Waals surface area contributed by atoms with Crippen LogP contribution in [-0.4, -0.2) is 10.9 Å². The van der Waals surface area contributed by atoms with E-state index in [1.807, 2.05) is 0 Å². The number of H-pyrrole nitrogens is 1. The van der Waals surface area contributed by atoms with Gasteiger partial charge in [0, 0.05) is 17.1 Å². The number of halogens is 3. The highest BCUT2D eigenvalue weighted by Gasteiger charge is 2.30. The highest BCUT2D eigenvalue weighted by molar-refractivity contribution is 6.05. The predicted octanol–water partition coefficient (Wildman–Crippen LogP) is 3.90. The molecule has 3 nitrogen and oxygen atoms in total. The van der Waals surface area contributed by atoms with Gasteiger partial charge in [-0.15, -0.1) is 0 Å². The van der Waals surface area contributed by atoms with Crippen molar-refractivity contribution >= 4 is 11.6 Å². The van der Waals surface area contributed by atoms with Crippen molar-refractivity contribution in [1.29, 1.82) is 0 Å². The minimum absolute atomic E-state index is 0.114. The van der Waals surface area contributed by atoms with Gasteiger partial charge in [0.05, 0.1) is 11.1 Å².